The molecule has 1 aliphatic heterocycles. The SMILES string of the molecule is CSc1ccccc1NC1COc2cc(O)ccc21. The minimum Gasteiger partial charge on any atom is -0.508 e. The molecule has 19 heavy (non-hydrogen) atoms. The first-order valence-electron chi connectivity index (χ1n) is 6.13. The number of phenolic OH excluding ortho intramolecular Hbond substituents is 1. The zero-order valence-corrected chi connectivity index (χ0v) is 11.4. The van der Waals surface area contributed by atoms with Gasteiger partial charge in [0.1, 0.15) is 18.1 Å². The first kappa shape index (κ1) is 12.2. The van der Waals surface area contributed by atoms with Crippen molar-refractivity contribution in [2.24, 2.45) is 0 Å². The zero-order chi connectivity index (χ0) is 13.2. The Balaban J connectivity index is 1.87. The predicted molar refractivity (Wildman–Crippen MR) is 78.2 cm³/mol. The van der Waals surface area contributed by atoms with Crippen molar-refractivity contribution >= 4 is 17.4 Å². The van der Waals surface area contributed by atoms with Crippen molar-refractivity contribution in [2.45, 2.75) is 10.9 Å². The molecule has 0 saturated heterocycles. The number of hydrogen-bond acceptors (Lipinski definition) is 4. The van der Waals surface area contributed by atoms with E-state index in [0.29, 0.717) is 6.61 Å². The molecule has 4 heteroatoms. The van der Waals surface area contributed by atoms with Crippen molar-refractivity contribution in [3.8, 4) is 11.5 Å². The Hall–Kier alpha value is -1.81. The van der Waals surface area contributed by atoms with E-state index in [2.05, 4.69) is 23.7 Å². The summed E-state index contributed by atoms with van der Waals surface area (Å²) in [7, 11) is 0. The van der Waals surface area contributed by atoms with Gasteiger partial charge in [0.2, 0.25) is 0 Å². The Morgan fingerprint density at radius 2 is 2.11 bits per heavy atom. The molecule has 2 N–H and O–H groups in total. The Kier molecular flexibility index (Phi) is 3.25. The molecule has 1 aliphatic rings. The van der Waals surface area contributed by atoms with E-state index in [9.17, 15) is 5.11 Å². The summed E-state index contributed by atoms with van der Waals surface area (Å²) in [6.07, 6.45) is 2.07. The summed E-state index contributed by atoms with van der Waals surface area (Å²) in [5, 5.41) is 13.0. The van der Waals surface area contributed by atoms with Crippen LogP contribution in [0.25, 0.3) is 0 Å². The highest BCUT2D eigenvalue weighted by atomic mass is 32.2. The van der Waals surface area contributed by atoms with Crippen LogP contribution < -0.4 is 10.1 Å². The minimum absolute atomic E-state index is 0.129. The fraction of sp³-hybridized carbons (Fsp3) is 0.200. The third-order valence-electron chi connectivity index (χ3n) is 3.21. The Bertz CT molecular complexity index is 600. The lowest BCUT2D eigenvalue weighted by Gasteiger charge is -2.15. The second-order valence-corrected chi connectivity index (χ2v) is 5.28. The second kappa shape index (κ2) is 5.05. The van der Waals surface area contributed by atoms with Gasteiger partial charge in [-0.1, -0.05) is 12.1 Å². The van der Waals surface area contributed by atoms with Gasteiger partial charge in [-0.15, -0.1) is 11.8 Å². The fourth-order valence-electron chi connectivity index (χ4n) is 2.27. The molecular formula is C15H15NO2S. The third-order valence-corrected chi connectivity index (χ3v) is 4.01. The fourth-order valence-corrected chi connectivity index (χ4v) is 2.83. The van der Waals surface area contributed by atoms with Gasteiger partial charge in [-0.3, -0.25) is 0 Å². The van der Waals surface area contributed by atoms with Crippen molar-refractivity contribution in [3.05, 3.63) is 48.0 Å². The van der Waals surface area contributed by atoms with Crippen LogP contribution in [0.3, 0.4) is 0 Å². The molecule has 0 fully saturated rings. The van der Waals surface area contributed by atoms with Crippen LogP contribution in [0.5, 0.6) is 11.5 Å². The molecule has 1 heterocycles. The molecule has 0 amide bonds. The lowest BCUT2D eigenvalue weighted by atomic mass is 10.1. The monoisotopic (exact) mass is 273 g/mol. The van der Waals surface area contributed by atoms with Crippen LogP contribution in [-0.4, -0.2) is 18.0 Å². The van der Waals surface area contributed by atoms with Gasteiger partial charge in [-0.05, 0) is 30.5 Å². The number of aromatic hydroxyl groups is 1. The van der Waals surface area contributed by atoms with E-state index in [0.717, 1.165) is 17.0 Å². The summed E-state index contributed by atoms with van der Waals surface area (Å²) >= 11 is 1.72. The van der Waals surface area contributed by atoms with E-state index in [1.807, 2.05) is 18.2 Å². The van der Waals surface area contributed by atoms with Crippen LogP contribution in [-0.2, 0) is 0 Å². The summed E-state index contributed by atoms with van der Waals surface area (Å²) in [6, 6.07) is 13.6. The third kappa shape index (κ3) is 2.36. The van der Waals surface area contributed by atoms with Crippen LogP contribution in [0.2, 0.25) is 0 Å². The number of ether oxygens (including phenoxy) is 1. The molecule has 3 nitrogen and oxygen atoms in total. The Labute approximate surface area is 116 Å². The lowest BCUT2D eigenvalue weighted by Crippen LogP contribution is -2.12. The molecule has 2 aromatic rings. The second-order valence-electron chi connectivity index (χ2n) is 4.43. The largest absolute Gasteiger partial charge is 0.508 e. The van der Waals surface area contributed by atoms with E-state index in [4.69, 9.17) is 4.74 Å². The van der Waals surface area contributed by atoms with Crippen molar-refractivity contribution in [1.82, 2.24) is 0 Å². The predicted octanol–water partition coefficient (Wildman–Crippen LogP) is 3.66. The molecule has 2 aromatic carbocycles. The number of benzene rings is 2. The number of thioether (sulfide) groups is 1. The van der Waals surface area contributed by atoms with Gasteiger partial charge < -0.3 is 15.2 Å². The maximum atomic E-state index is 9.45. The molecule has 0 aromatic heterocycles. The molecule has 98 valence electrons. The Morgan fingerprint density at radius 1 is 1.26 bits per heavy atom. The highest BCUT2D eigenvalue weighted by molar-refractivity contribution is 7.98. The van der Waals surface area contributed by atoms with Crippen LogP contribution in [0, 0.1) is 0 Å². The standard InChI is InChI=1S/C15H15NO2S/c1-19-15-5-3-2-4-12(15)16-13-9-18-14-8-10(17)6-7-11(13)14/h2-8,13,16-17H,9H2,1H3. The van der Waals surface area contributed by atoms with Gasteiger partial charge in [-0.25, -0.2) is 0 Å². The van der Waals surface area contributed by atoms with Gasteiger partial charge in [0.05, 0.1) is 6.04 Å². The summed E-state index contributed by atoms with van der Waals surface area (Å²) in [5.41, 5.74) is 2.21. The number of nitrogens with one attached hydrogen (secondary N) is 1. The molecule has 1 atom stereocenters. The minimum atomic E-state index is 0.129. The van der Waals surface area contributed by atoms with E-state index in [-0.39, 0.29) is 11.8 Å². The molecule has 0 saturated carbocycles. The maximum absolute atomic E-state index is 9.45. The quantitative estimate of drug-likeness (QED) is 0.837. The number of rotatable bonds is 3. The van der Waals surface area contributed by atoms with E-state index < -0.39 is 0 Å². The number of hydrogen-bond donors (Lipinski definition) is 2. The normalized spacial score (nSPS) is 16.8. The summed E-state index contributed by atoms with van der Waals surface area (Å²) in [4.78, 5) is 1.22. The van der Waals surface area contributed by atoms with Crippen molar-refractivity contribution in [2.75, 3.05) is 18.2 Å². The van der Waals surface area contributed by atoms with Crippen LogP contribution in [0.4, 0.5) is 5.69 Å². The van der Waals surface area contributed by atoms with Gasteiger partial charge in [0.25, 0.3) is 0 Å². The van der Waals surface area contributed by atoms with Crippen molar-refractivity contribution < 1.29 is 9.84 Å². The van der Waals surface area contributed by atoms with Crippen LogP contribution in [0.15, 0.2) is 47.4 Å². The lowest BCUT2D eigenvalue weighted by molar-refractivity contribution is 0.338. The number of fused-ring (bicyclic) bond motifs is 1. The van der Waals surface area contributed by atoms with Crippen molar-refractivity contribution in [1.29, 1.82) is 0 Å². The van der Waals surface area contributed by atoms with Crippen LogP contribution in [0.1, 0.15) is 11.6 Å². The summed E-state index contributed by atoms with van der Waals surface area (Å²) in [5.74, 6) is 1.00. The smallest absolute Gasteiger partial charge is 0.128 e. The van der Waals surface area contributed by atoms with Crippen molar-refractivity contribution in [3.63, 3.8) is 0 Å². The van der Waals surface area contributed by atoms with Gasteiger partial charge in [0, 0.05) is 22.2 Å². The molecule has 3 rings (SSSR count). The Morgan fingerprint density at radius 3 is 2.95 bits per heavy atom. The molecule has 0 radical (unpaired) electrons. The van der Waals surface area contributed by atoms with Crippen LogP contribution >= 0.6 is 11.8 Å². The summed E-state index contributed by atoms with van der Waals surface area (Å²) < 4.78 is 5.61. The summed E-state index contributed by atoms with van der Waals surface area (Å²) in [6.45, 7) is 0.585. The first-order valence-corrected chi connectivity index (χ1v) is 7.35. The number of phenols is 1. The highest BCUT2D eigenvalue weighted by Crippen LogP contribution is 2.38. The van der Waals surface area contributed by atoms with Gasteiger partial charge >= 0.3 is 0 Å². The zero-order valence-electron chi connectivity index (χ0n) is 10.6. The average molecular weight is 273 g/mol. The van der Waals surface area contributed by atoms with Gasteiger partial charge in [-0.2, -0.15) is 0 Å². The molecule has 0 spiro atoms. The van der Waals surface area contributed by atoms with Gasteiger partial charge in [0.15, 0.2) is 0 Å². The van der Waals surface area contributed by atoms with E-state index in [1.165, 1.54) is 4.90 Å². The highest BCUT2D eigenvalue weighted by Gasteiger charge is 2.24. The average Bonchev–Trinajstić information content (AvgIpc) is 2.82. The molecule has 1 unspecified atom stereocenters. The maximum Gasteiger partial charge on any atom is 0.128 e. The molecule has 0 aliphatic carbocycles. The first-order chi connectivity index (χ1) is 9.28. The van der Waals surface area contributed by atoms with E-state index >= 15 is 0 Å². The van der Waals surface area contributed by atoms with E-state index in [1.54, 1.807) is 23.9 Å². The topological polar surface area (TPSA) is 41.5 Å². The number of para-hydroxylation sites is 1. The molecule has 0 bridgehead atoms. The molecular weight excluding hydrogens is 258 g/mol. The number of anilines is 1.